The molecule has 0 bridgehead atoms. The van der Waals surface area contributed by atoms with Crippen LogP contribution in [0.2, 0.25) is 0 Å². The van der Waals surface area contributed by atoms with Crippen molar-refractivity contribution in [3.63, 3.8) is 0 Å². The lowest BCUT2D eigenvalue weighted by atomic mass is 9.75. The van der Waals surface area contributed by atoms with Crippen molar-refractivity contribution in [1.82, 2.24) is 5.32 Å². The van der Waals surface area contributed by atoms with Crippen molar-refractivity contribution >= 4 is 17.2 Å². The van der Waals surface area contributed by atoms with Gasteiger partial charge in [-0.1, -0.05) is 38.0 Å². The summed E-state index contributed by atoms with van der Waals surface area (Å²) < 4.78 is 0. The maximum atomic E-state index is 12.3. The highest BCUT2D eigenvalue weighted by Crippen LogP contribution is 2.35. The van der Waals surface area contributed by atoms with E-state index in [1.165, 1.54) is 19.3 Å². The number of thiophene rings is 1. The molecule has 0 spiro atoms. The van der Waals surface area contributed by atoms with Crippen LogP contribution in [0.3, 0.4) is 0 Å². The van der Waals surface area contributed by atoms with E-state index in [1.54, 1.807) is 11.3 Å². The van der Waals surface area contributed by atoms with Crippen LogP contribution in [0.25, 0.3) is 0 Å². The van der Waals surface area contributed by atoms with E-state index in [4.69, 9.17) is 5.73 Å². The van der Waals surface area contributed by atoms with Crippen LogP contribution in [0.15, 0.2) is 12.1 Å². The number of carbonyl (C=O) groups is 1. The molecule has 1 aliphatic carbocycles. The van der Waals surface area contributed by atoms with E-state index in [0.717, 1.165) is 22.6 Å². The molecule has 0 aliphatic heterocycles. The van der Waals surface area contributed by atoms with E-state index in [1.807, 2.05) is 12.1 Å². The van der Waals surface area contributed by atoms with Crippen molar-refractivity contribution in [3.8, 4) is 11.8 Å². The van der Waals surface area contributed by atoms with Gasteiger partial charge in [-0.15, -0.1) is 11.3 Å². The van der Waals surface area contributed by atoms with Gasteiger partial charge in [-0.25, -0.2) is 0 Å². The van der Waals surface area contributed by atoms with Gasteiger partial charge in [0.15, 0.2) is 0 Å². The van der Waals surface area contributed by atoms with Gasteiger partial charge in [-0.05, 0) is 25.0 Å². The minimum absolute atomic E-state index is 0.169. The fraction of sp³-hybridized carbons (Fsp3) is 0.562. The number of hydrogen-bond acceptors (Lipinski definition) is 3. The molecule has 0 radical (unpaired) electrons. The second-order valence-corrected chi connectivity index (χ2v) is 6.74. The number of carbonyl (C=O) groups excluding carboxylic acids is 1. The molecule has 1 saturated carbocycles. The number of nitrogens with one attached hydrogen (secondary N) is 1. The number of rotatable bonds is 3. The van der Waals surface area contributed by atoms with Crippen LogP contribution in [0.1, 0.15) is 48.8 Å². The molecule has 0 saturated heterocycles. The fourth-order valence-corrected chi connectivity index (χ4v) is 3.44. The largest absolute Gasteiger partial charge is 0.351 e. The highest BCUT2D eigenvalue weighted by atomic mass is 32.1. The maximum absolute atomic E-state index is 12.3. The molecular weight excluding hydrogens is 268 g/mol. The second kappa shape index (κ2) is 6.92. The highest BCUT2D eigenvalue weighted by Gasteiger charge is 2.34. The molecule has 0 unspecified atom stereocenters. The molecule has 1 aliphatic rings. The van der Waals surface area contributed by atoms with Gasteiger partial charge in [0.2, 0.25) is 5.91 Å². The molecule has 1 aromatic rings. The first kappa shape index (κ1) is 15.1. The van der Waals surface area contributed by atoms with Gasteiger partial charge >= 0.3 is 0 Å². The zero-order valence-electron chi connectivity index (χ0n) is 12.0. The third-order valence-corrected chi connectivity index (χ3v) is 4.90. The first-order valence-corrected chi connectivity index (χ1v) is 8.02. The number of hydrogen-bond donors (Lipinski definition) is 2. The maximum Gasteiger partial charge on any atom is 0.226 e. The fourth-order valence-electron chi connectivity index (χ4n) is 2.62. The minimum Gasteiger partial charge on any atom is -0.351 e. The number of amides is 1. The van der Waals surface area contributed by atoms with Crippen LogP contribution >= 0.6 is 11.3 Å². The van der Waals surface area contributed by atoms with Crippen molar-refractivity contribution in [1.29, 1.82) is 0 Å². The van der Waals surface area contributed by atoms with Crippen molar-refractivity contribution in [2.75, 3.05) is 6.54 Å². The molecular formula is C16H22N2OS. The van der Waals surface area contributed by atoms with E-state index in [0.29, 0.717) is 13.1 Å². The van der Waals surface area contributed by atoms with E-state index in [9.17, 15) is 4.79 Å². The average molecular weight is 290 g/mol. The average Bonchev–Trinajstić information content (AvgIpc) is 2.91. The van der Waals surface area contributed by atoms with Crippen LogP contribution in [0.4, 0.5) is 0 Å². The van der Waals surface area contributed by atoms with Crippen LogP contribution in [0.5, 0.6) is 0 Å². The Morgan fingerprint density at radius 2 is 2.15 bits per heavy atom. The summed E-state index contributed by atoms with van der Waals surface area (Å²) in [5.41, 5.74) is 5.18. The van der Waals surface area contributed by atoms with Crippen LogP contribution < -0.4 is 11.1 Å². The Morgan fingerprint density at radius 1 is 1.40 bits per heavy atom. The zero-order chi connectivity index (χ0) is 14.4. The summed E-state index contributed by atoms with van der Waals surface area (Å²) in [4.78, 5) is 14.5. The van der Waals surface area contributed by atoms with Crippen molar-refractivity contribution in [3.05, 3.63) is 21.9 Å². The molecule has 1 aromatic heterocycles. The summed E-state index contributed by atoms with van der Waals surface area (Å²) in [5, 5.41) is 3.08. The third kappa shape index (κ3) is 3.84. The van der Waals surface area contributed by atoms with Gasteiger partial charge in [0.25, 0.3) is 0 Å². The van der Waals surface area contributed by atoms with Crippen molar-refractivity contribution < 1.29 is 4.79 Å². The molecule has 1 fully saturated rings. The monoisotopic (exact) mass is 290 g/mol. The molecule has 20 heavy (non-hydrogen) atoms. The molecule has 4 heteroatoms. The summed E-state index contributed by atoms with van der Waals surface area (Å²) in [6, 6.07) is 4.01. The molecule has 2 rings (SSSR count). The summed E-state index contributed by atoms with van der Waals surface area (Å²) in [7, 11) is 0. The van der Waals surface area contributed by atoms with Gasteiger partial charge in [0.1, 0.15) is 0 Å². The quantitative estimate of drug-likeness (QED) is 0.841. The summed E-state index contributed by atoms with van der Waals surface area (Å²) in [6.07, 6.45) is 5.62. The van der Waals surface area contributed by atoms with Gasteiger partial charge in [-0.3, -0.25) is 4.79 Å². The lowest BCUT2D eigenvalue weighted by molar-refractivity contribution is -0.132. The SMILES string of the molecule is CC1(C(=O)NCc2ccc(C#CCN)s2)CCCCC1. The van der Waals surface area contributed by atoms with Gasteiger partial charge < -0.3 is 11.1 Å². The Kier molecular flexibility index (Phi) is 5.22. The summed E-state index contributed by atoms with van der Waals surface area (Å²) in [6.45, 7) is 3.07. The first-order valence-electron chi connectivity index (χ1n) is 7.20. The van der Waals surface area contributed by atoms with E-state index in [2.05, 4.69) is 24.1 Å². The molecule has 108 valence electrons. The van der Waals surface area contributed by atoms with Gasteiger partial charge in [0, 0.05) is 10.3 Å². The first-order chi connectivity index (χ1) is 9.64. The van der Waals surface area contributed by atoms with Crippen LogP contribution in [-0.2, 0) is 11.3 Å². The molecule has 3 N–H and O–H groups in total. The summed E-state index contributed by atoms with van der Waals surface area (Å²) >= 11 is 1.62. The van der Waals surface area contributed by atoms with E-state index in [-0.39, 0.29) is 11.3 Å². The predicted octanol–water partition coefficient (Wildman–Crippen LogP) is 2.64. The standard InChI is InChI=1S/C16H22N2OS/c1-16(9-3-2-4-10-16)15(19)18-12-14-8-7-13(20-14)6-5-11-17/h7-8H,2-4,9-12,17H2,1H3,(H,18,19). The van der Waals surface area contributed by atoms with Gasteiger partial charge in [-0.2, -0.15) is 0 Å². The highest BCUT2D eigenvalue weighted by molar-refractivity contribution is 7.12. The van der Waals surface area contributed by atoms with Gasteiger partial charge in [0.05, 0.1) is 18.0 Å². The Bertz CT molecular complexity index is 518. The number of nitrogens with two attached hydrogens (primary N) is 1. The topological polar surface area (TPSA) is 55.1 Å². The van der Waals surface area contributed by atoms with Crippen molar-refractivity contribution in [2.24, 2.45) is 11.1 Å². The van der Waals surface area contributed by atoms with Crippen LogP contribution in [0, 0.1) is 17.3 Å². The lowest BCUT2D eigenvalue weighted by Crippen LogP contribution is -2.39. The molecule has 1 heterocycles. The molecule has 3 nitrogen and oxygen atoms in total. The van der Waals surface area contributed by atoms with Crippen molar-refractivity contribution in [2.45, 2.75) is 45.6 Å². The minimum atomic E-state index is -0.169. The Labute approximate surface area is 124 Å². The normalized spacial score (nSPS) is 17.1. The molecule has 0 atom stereocenters. The predicted molar refractivity (Wildman–Crippen MR) is 83.3 cm³/mol. The van der Waals surface area contributed by atoms with Crippen LogP contribution in [-0.4, -0.2) is 12.5 Å². The lowest BCUT2D eigenvalue weighted by Gasteiger charge is -2.31. The summed E-state index contributed by atoms with van der Waals surface area (Å²) in [5.74, 6) is 6.05. The van der Waals surface area contributed by atoms with E-state index >= 15 is 0 Å². The second-order valence-electron chi connectivity index (χ2n) is 5.58. The Morgan fingerprint density at radius 3 is 2.85 bits per heavy atom. The third-order valence-electron chi connectivity index (χ3n) is 3.90. The smallest absolute Gasteiger partial charge is 0.226 e. The molecule has 1 amide bonds. The zero-order valence-corrected chi connectivity index (χ0v) is 12.8. The Hall–Kier alpha value is -1.31. The van der Waals surface area contributed by atoms with E-state index < -0.39 is 0 Å². The Balaban J connectivity index is 1.88. The molecule has 0 aromatic carbocycles.